The van der Waals surface area contributed by atoms with Crippen LogP contribution in [0.3, 0.4) is 0 Å². The summed E-state index contributed by atoms with van der Waals surface area (Å²) in [5, 5.41) is 0.482. The molecule has 2 rings (SSSR count). The minimum atomic E-state index is -0.139. The molecule has 1 aliphatic carbocycles. The second-order valence-corrected chi connectivity index (χ2v) is 6.94. The van der Waals surface area contributed by atoms with Crippen LogP contribution in [0.25, 0.3) is 0 Å². The summed E-state index contributed by atoms with van der Waals surface area (Å²) in [4.78, 5) is 11.2. The maximum absolute atomic E-state index is 6.19. The van der Waals surface area contributed by atoms with Gasteiger partial charge in [0.2, 0.25) is 5.88 Å². The third-order valence-corrected chi connectivity index (χ3v) is 3.93. The number of likely N-dealkylation sites (N-methyl/N-ethyl adjacent to an activating group) is 1. The van der Waals surface area contributed by atoms with Crippen molar-refractivity contribution < 1.29 is 4.74 Å². The normalized spacial score (nSPS) is 15.8. The molecule has 1 saturated carbocycles. The van der Waals surface area contributed by atoms with Crippen molar-refractivity contribution in [2.45, 2.75) is 52.0 Å². The molecule has 0 amide bonds. The fourth-order valence-corrected chi connectivity index (χ4v) is 2.09. The minimum Gasteiger partial charge on any atom is -0.476 e. The Morgan fingerprint density at radius 3 is 2.50 bits per heavy atom. The Hall–Kier alpha value is -0.870. The molecule has 0 aromatic carbocycles. The summed E-state index contributed by atoms with van der Waals surface area (Å²) in [7, 11) is 2.14. The monoisotopic (exact) mass is 297 g/mol. The zero-order chi connectivity index (χ0) is 14.9. The van der Waals surface area contributed by atoms with E-state index in [-0.39, 0.29) is 5.41 Å². The Morgan fingerprint density at radius 1 is 1.30 bits per heavy atom. The largest absolute Gasteiger partial charge is 0.476 e. The lowest BCUT2D eigenvalue weighted by molar-refractivity contribution is 0.224. The number of nitrogens with zero attached hydrogens (tertiary/aromatic N) is 3. The Balaban J connectivity index is 2.03. The van der Waals surface area contributed by atoms with Gasteiger partial charge in [-0.3, -0.25) is 0 Å². The van der Waals surface area contributed by atoms with Crippen molar-refractivity contribution in [1.29, 1.82) is 0 Å². The Bertz CT molecular complexity index is 481. The van der Waals surface area contributed by atoms with Crippen molar-refractivity contribution in [2.75, 3.05) is 20.2 Å². The highest BCUT2D eigenvalue weighted by Gasteiger charge is 2.26. The lowest BCUT2D eigenvalue weighted by atomic mass is 9.96. The van der Waals surface area contributed by atoms with Gasteiger partial charge in [0.05, 0.1) is 0 Å². The second-order valence-electron chi connectivity index (χ2n) is 6.58. The van der Waals surface area contributed by atoms with Crippen LogP contribution in [0.5, 0.6) is 5.88 Å². The molecule has 1 aromatic rings. The van der Waals surface area contributed by atoms with Gasteiger partial charge in [-0.25, -0.2) is 4.98 Å². The maximum Gasteiger partial charge on any atom is 0.221 e. The molecule has 0 radical (unpaired) electrons. The zero-order valence-corrected chi connectivity index (χ0v) is 13.8. The SMILES string of the molecule is Cc1c(Cl)nc(C(C)(C)C)nc1OCCN(C)C1CC1. The number of halogens is 1. The van der Waals surface area contributed by atoms with Crippen LogP contribution in [-0.2, 0) is 5.41 Å². The number of hydrogen-bond acceptors (Lipinski definition) is 4. The van der Waals surface area contributed by atoms with E-state index in [9.17, 15) is 0 Å². The summed E-state index contributed by atoms with van der Waals surface area (Å²) >= 11 is 6.19. The predicted molar refractivity (Wildman–Crippen MR) is 81.6 cm³/mol. The highest BCUT2D eigenvalue weighted by atomic mass is 35.5. The average Bonchev–Trinajstić information content (AvgIpc) is 3.16. The molecule has 0 unspecified atom stereocenters. The van der Waals surface area contributed by atoms with Crippen molar-refractivity contribution in [3.63, 3.8) is 0 Å². The van der Waals surface area contributed by atoms with Crippen molar-refractivity contribution in [3.05, 3.63) is 16.5 Å². The first-order valence-electron chi connectivity index (χ1n) is 7.16. The molecule has 4 nitrogen and oxygen atoms in total. The summed E-state index contributed by atoms with van der Waals surface area (Å²) in [6.45, 7) is 9.64. The van der Waals surface area contributed by atoms with E-state index in [0.717, 1.165) is 24.0 Å². The summed E-state index contributed by atoms with van der Waals surface area (Å²) in [6.07, 6.45) is 2.62. The lowest BCUT2D eigenvalue weighted by Crippen LogP contribution is -2.26. The second kappa shape index (κ2) is 5.86. The summed E-state index contributed by atoms with van der Waals surface area (Å²) < 4.78 is 5.82. The number of hydrogen-bond donors (Lipinski definition) is 0. The fourth-order valence-electron chi connectivity index (χ4n) is 1.93. The van der Waals surface area contributed by atoms with Crippen molar-refractivity contribution in [1.82, 2.24) is 14.9 Å². The van der Waals surface area contributed by atoms with Gasteiger partial charge in [-0.05, 0) is 26.8 Å². The highest BCUT2D eigenvalue weighted by molar-refractivity contribution is 6.30. The van der Waals surface area contributed by atoms with Gasteiger partial charge in [0, 0.05) is 23.6 Å². The first kappa shape index (κ1) is 15.5. The molecule has 0 atom stereocenters. The van der Waals surface area contributed by atoms with Crippen LogP contribution < -0.4 is 4.74 Å². The van der Waals surface area contributed by atoms with E-state index in [1.165, 1.54) is 12.8 Å². The van der Waals surface area contributed by atoms with Gasteiger partial charge < -0.3 is 9.64 Å². The Labute approximate surface area is 126 Å². The molecule has 0 aliphatic heterocycles. The molecule has 20 heavy (non-hydrogen) atoms. The number of ether oxygens (including phenoxy) is 1. The first-order chi connectivity index (χ1) is 9.29. The van der Waals surface area contributed by atoms with Gasteiger partial charge in [0.25, 0.3) is 0 Å². The molecule has 1 fully saturated rings. The number of rotatable bonds is 5. The van der Waals surface area contributed by atoms with E-state index in [1.807, 2.05) is 6.92 Å². The van der Waals surface area contributed by atoms with Crippen molar-refractivity contribution in [3.8, 4) is 5.88 Å². The lowest BCUT2D eigenvalue weighted by Gasteiger charge is -2.20. The Kier molecular flexibility index (Phi) is 4.55. The van der Waals surface area contributed by atoms with Gasteiger partial charge in [-0.1, -0.05) is 32.4 Å². The highest BCUT2D eigenvalue weighted by Crippen LogP contribution is 2.28. The predicted octanol–water partition coefficient (Wildman–Crippen LogP) is 3.21. The molecule has 5 heteroatoms. The maximum atomic E-state index is 6.19. The molecule has 0 bridgehead atoms. The third-order valence-electron chi connectivity index (χ3n) is 3.57. The minimum absolute atomic E-state index is 0.139. The van der Waals surface area contributed by atoms with E-state index in [1.54, 1.807) is 0 Å². The fraction of sp³-hybridized carbons (Fsp3) is 0.733. The number of aromatic nitrogens is 2. The van der Waals surface area contributed by atoms with E-state index >= 15 is 0 Å². The van der Waals surface area contributed by atoms with Crippen LogP contribution in [0.4, 0.5) is 0 Å². The van der Waals surface area contributed by atoms with Crippen molar-refractivity contribution >= 4 is 11.6 Å². The third kappa shape index (κ3) is 3.83. The van der Waals surface area contributed by atoms with E-state index in [2.05, 4.69) is 42.7 Å². The van der Waals surface area contributed by atoms with Crippen LogP contribution in [0, 0.1) is 6.92 Å². The molecule has 1 aliphatic rings. The molecule has 0 spiro atoms. The van der Waals surface area contributed by atoms with Gasteiger partial charge in [0.15, 0.2) is 0 Å². The molecule has 1 aromatic heterocycles. The first-order valence-corrected chi connectivity index (χ1v) is 7.54. The summed E-state index contributed by atoms with van der Waals surface area (Å²) in [6, 6.07) is 0.749. The van der Waals surface area contributed by atoms with E-state index in [0.29, 0.717) is 17.6 Å². The van der Waals surface area contributed by atoms with Gasteiger partial charge in [-0.2, -0.15) is 4.98 Å². The average molecular weight is 298 g/mol. The topological polar surface area (TPSA) is 38.3 Å². The molecule has 0 saturated heterocycles. The van der Waals surface area contributed by atoms with Crippen LogP contribution in [0.15, 0.2) is 0 Å². The molecule has 1 heterocycles. The van der Waals surface area contributed by atoms with Crippen LogP contribution >= 0.6 is 11.6 Å². The van der Waals surface area contributed by atoms with Gasteiger partial charge in [0.1, 0.15) is 17.6 Å². The summed E-state index contributed by atoms with van der Waals surface area (Å²) in [5.74, 6) is 1.33. The molecular formula is C15H24ClN3O. The quantitative estimate of drug-likeness (QED) is 0.782. The van der Waals surface area contributed by atoms with E-state index < -0.39 is 0 Å². The van der Waals surface area contributed by atoms with Crippen LogP contribution in [0.2, 0.25) is 5.15 Å². The summed E-state index contributed by atoms with van der Waals surface area (Å²) in [5.41, 5.74) is 0.675. The van der Waals surface area contributed by atoms with Crippen LogP contribution in [0.1, 0.15) is 45.0 Å². The zero-order valence-electron chi connectivity index (χ0n) is 13.0. The molecule has 0 N–H and O–H groups in total. The molecule has 112 valence electrons. The van der Waals surface area contributed by atoms with Gasteiger partial charge in [-0.15, -0.1) is 0 Å². The van der Waals surface area contributed by atoms with Crippen LogP contribution in [-0.4, -0.2) is 41.1 Å². The Morgan fingerprint density at radius 2 is 1.95 bits per heavy atom. The standard InChI is InChI=1S/C15H24ClN3O/c1-10-12(16)17-14(15(2,3)4)18-13(10)20-9-8-19(5)11-6-7-11/h11H,6-9H2,1-5H3. The van der Waals surface area contributed by atoms with Gasteiger partial charge >= 0.3 is 0 Å². The van der Waals surface area contributed by atoms with Crippen molar-refractivity contribution in [2.24, 2.45) is 0 Å². The van der Waals surface area contributed by atoms with E-state index in [4.69, 9.17) is 16.3 Å². The smallest absolute Gasteiger partial charge is 0.221 e. The molecular weight excluding hydrogens is 274 g/mol.